The fourth-order valence-corrected chi connectivity index (χ4v) is 1.48. The first-order chi connectivity index (χ1) is 11.1. The van der Waals surface area contributed by atoms with Gasteiger partial charge >= 0.3 is 11.9 Å². The molecule has 4 nitrogen and oxygen atoms in total. The second kappa shape index (κ2) is 10.1. The fraction of sp³-hybridized carbons (Fsp3) is 0.600. The highest BCUT2D eigenvalue weighted by Gasteiger charge is 2.27. The van der Waals surface area contributed by atoms with E-state index in [0.717, 1.165) is 18.4 Å². The number of benzene rings is 1. The normalized spacial score (nSPS) is 11.1. The minimum Gasteiger partial charge on any atom is -0.469 e. The van der Waals surface area contributed by atoms with Crippen LogP contribution in [0.4, 0.5) is 0 Å². The second-order valence-corrected chi connectivity index (χ2v) is 7.03. The number of esters is 2. The SMILES string of the molecule is CCC(C)(C)C(=O)OC.CCC(C)(C)C(=O)OCc1ccccc1. The van der Waals surface area contributed by atoms with Crippen LogP contribution in [0, 0.1) is 10.8 Å². The van der Waals surface area contributed by atoms with E-state index in [9.17, 15) is 9.59 Å². The van der Waals surface area contributed by atoms with E-state index in [1.54, 1.807) is 0 Å². The van der Waals surface area contributed by atoms with E-state index >= 15 is 0 Å². The van der Waals surface area contributed by atoms with Gasteiger partial charge in [-0.1, -0.05) is 44.2 Å². The van der Waals surface area contributed by atoms with Crippen molar-refractivity contribution in [3.8, 4) is 0 Å². The summed E-state index contributed by atoms with van der Waals surface area (Å²) in [6, 6.07) is 9.72. The Morgan fingerprint density at radius 1 is 0.875 bits per heavy atom. The van der Waals surface area contributed by atoms with Crippen molar-refractivity contribution >= 4 is 11.9 Å². The van der Waals surface area contributed by atoms with E-state index in [-0.39, 0.29) is 22.8 Å². The van der Waals surface area contributed by atoms with Crippen LogP contribution in [-0.4, -0.2) is 19.0 Å². The Morgan fingerprint density at radius 2 is 1.33 bits per heavy atom. The largest absolute Gasteiger partial charge is 0.469 e. The van der Waals surface area contributed by atoms with Crippen molar-refractivity contribution < 1.29 is 19.1 Å². The maximum atomic E-state index is 11.6. The lowest BCUT2D eigenvalue weighted by Crippen LogP contribution is -2.25. The van der Waals surface area contributed by atoms with Gasteiger partial charge in [0.15, 0.2) is 0 Å². The van der Waals surface area contributed by atoms with Crippen LogP contribution < -0.4 is 0 Å². The summed E-state index contributed by atoms with van der Waals surface area (Å²) in [4.78, 5) is 22.5. The molecule has 0 heterocycles. The lowest BCUT2D eigenvalue weighted by Gasteiger charge is -2.20. The molecule has 0 spiro atoms. The molecule has 1 aromatic carbocycles. The zero-order chi connectivity index (χ0) is 18.8. The molecule has 0 saturated heterocycles. The van der Waals surface area contributed by atoms with Gasteiger partial charge in [-0.15, -0.1) is 0 Å². The first-order valence-electron chi connectivity index (χ1n) is 8.40. The van der Waals surface area contributed by atoms with Crippen LogP contribution in [0.3, 0.4) is 0 Å². The molecule has 0 aliphatic carbocycles. The van der Waals surface area contributed by atoms with Crippen LogP contribution in [0.5, 0.6) is 0 Å². The second-order valence-electron chi connectivity index (χ2n) is 7.03. The summed E-state index contributed by atoms with van der Waals surface area (Å²) in [5.41, 5.74) is 0.335. The molecule has 4 heteroatoms. The standard InChI is InChI=1S/C13H18O2.C7H14O2/c1-4-13(2,3)12(14)15-10-11-8-6-5-7-9-11;1-5-7(2,3)6(8)9-4/h5-9H,4,10H2,1-3H3;5H2,1-4H3. The zero-order valence-electron chi connectivity index (χ0n) is 16.1. The van der Waals surface area contributed by atoms with E-state index < -0.39 is 0 Å². The molecule has 1 aromatic rings. The highest BCUT2D eigenvalue weighted by atomic mass is 16.5. The lowest BCUT2D eigenvalue weighted by atomic mass is 9.91. The molecule has 0 atom stereocenters. The van der Waals surface area contributed by atoms with Gasteiger partial charge in [0.05, 0.1) is 17.9 Å². The molecule has 0 bridgehead atoms. The molecule has 0 aliphatic rings. The van der Waals surface area contributed by atoms with Crippen LogP contribution in [0.15, 0.2) is 30.3 Å². The maximum absolute atomic E-state index is 11.6. The lowest BCUT2D eigenvalue weighted by molar-refractivity contribution is -0.155. The topological polar surface area (TPSA) is 52.6 Å². The molecule has 1 rings (SSSR count). The first-order valence-corrected chi connectivity index (χ1v) is 8.40. The number of hydrogen-bond acceptors (Lipinski definition) is 4. The highest BCUT2D eigenvalue weighted by Crippen LogP contribution is 2.22. The van der Waals surface area contributed by atoms with Crippen molar-refractivity contribution in [2.45, 2.75) is 61.0 Å². The number of ether oxygens (including phenoxy) is 2. The van der Waals surface area contributed by atoms with Crippen molar-refractivity contribution in [1.29, 1.82) is 0 Å². The molecule has 0 amide bonds. The first kappa shape index (κ1) is 22.2. The Kier molecular flexibility index (Phi) is 9.34. The van der Waals surface area contributed by atoms with Crippen molar-refractivity contribution in [3.05, 3.63) is 35.9 Å². The van der Waals surface area contributed by atoms with Crippen molar-refractivity contribution in [1.82, 2.24) is 0 Å². The average molecular weight is 336 g/mol. The molecule has 0 aliphatic heterocycles. The van der Waals surface area contributed by atoms with E-state index in [1.165, 1.54) is 7.11 Å². The fourth-order valence-electron chi connectivity index (χ4n) is 1.48. The molecular formula is C20H32O4. The Morgan fingerprint density at radius 3 is 1.71 bits per heavy atom. The van der Waals surface area contributed by atoms with Crippen LogP contribution in [0.1, 0.15) is 59.9 Å². The predicted molar refractivity (Wildman–Crippen MR) is 96.4 cm³/mol. The van der Waals surface area contributed by atoms with Gasteiger partial charge in [-0.3, -0.25) is 9.59 Å². The molecule has 0 fully saturated rings. The minimum atomic E-state index is -0.380. The minimum absolute atomic E-state index is 0.131. The average Bonchev–Trinajstić information content (AvgIpc) is 2.60. The summed E-state index contributed by atoms with van der Waals surface area (Å²) in [7, 11) is 1.42. The Hall–Kier alpha value is -1.84. The van der Waals surface area contributed by atoms with Gasteiger partial charge in [-0.05, 0) is 46.1 Å². The Balaban J connectivity index is 0.000000506. The van der Waals surface area contributed by atoms with E-state index in [2.05, 4.69) is 4.74 Å². The Bertz CT molecular complexity index is 504. The van der Waals surface area contributed by atoms with Crippen LogP contribution >= 0.6 is 0 Å². The van der Waals surface area contributed by atoms with Crippen molar-refractivity contribution in [3.63, 3.8) is 0 Å². The molecule has 24 heavy (non-hydrogen) atoms. The maximum Gasteiger partial charge on any atom is 0.311 e. The van der Waals surface area contributed by atoms with Crippen LogP contribution in [-0.2, 0) is 25.7 Å². The summed E-state index contributed by atoms with van der Waals surface area (Å²) >= 11 is 0. The van der Waals surface area contributed by atoms with Gasteiger partial charge < -0.3 is 9.47 Å². The van der Waals surface area contributed by atoms with Gasteiger partial charge in [0.25, 0.3) is 0 Å². The smallest absolute Gasteiger partial charge is 0.311 e. The summed E-state index contributed by atoms with van der Waals surface area (Å²) in [5.74, 6) is -0.265. The molecule has 136 valence electrons. The number of methoxy groups -OCH3 is 1. The zero-order valence-corrected chi connectivity index (χ0v) is 16.1. The molecule has 0 radical (unpaired) electrons. The van der Waals surface area contributed by atoms with Gasteiger partial charge in [-0.2, -0.15) is 0 Å². The quantitative estimate of drug-likeness (QED) is 0.703. The van der Waals surface area contributed by atoms with Gasteiger partial charge in [-0.25, -0.2) is 0 Å². The van der Waals surface area contributed by atoms with Crippen LogP contribution in [0.25, 0.3) is 0 Å². The molecule has 0 N–H and O–H groups in total. The number of rotatable bonds is 6. The number of hydrogen-bond donors (Lipinski definition) is 0. The van der Waals surface area contributed by atoms with E-state index in [4.69, 9.17) is 4.74 Å². The Labute approximate surface area is 146 Å². The predicted octanol–water partition coefficient (Wildman–Crippen LogP) is 4.76. The van der Waals surface area contributed by atoms with Gasteiger partial charge in [0.2, 0.25) is 0 Å². The molecule has 0 unspecified atom stereocenters. The monoisotopic (exact) mass is 336 g/mol. The summed E-state index contributed by atoms with van der Waals surface area (Å²) in [6.45, 7) is 11.9. The van der Waals surface area contributed by atoms with Crippen LogP contribution in [0.2, 0.25) is 0 Å². The highest BCUT2D eigenvalue weighted by molar-refractivity contribution is 5.76. The number of carbonyl (C=O) groups excluding carboxylic acids is 2. The number of carbonyl (C=O) groups is 2. The van der Waals surface area contributed by atoms with Crippen molar-refractivity contribution in [2.75, 3.05) is 7.11 Å². The molecular weight excluding hydrogens is 304 g/mol. The van der Waals surface area contributed by atoms with Gasteiger partial charge in [0, 0.05) is 0 Å². The van der Waals surface area contributed by atoms with E-state index in [0.29, 0.717) is 6.61 Å². The van der Waals surface area contributed by atoms with E-state index in [1.807, 2.05) is 71.9 Å². The van der Waals surface area contributed by atoms with Gasteiger partial charge in [0.1, 0.15) is 6.61 Å². The molecule has 0 aromatic heterocycles. The third-order valence-corrected chi connectivity index (χ3v) is 4.27. The summed E-state index contributed by atoms with van der Waals surface area (Å²) in [6.07, 6.45) is 1.61. The third-order valence-electron chi connectivity index (χ3n) is 4.27. The molecule has 0 saturated carbocycles. The third kappa shape index (κ3) is 7.62. The summed E-state index contributed by atoms with van der Waals surface area (Å²) < 4.78 is 9.81. The van der Waals surface area contributed by atoms with Crippen molar-refractivity contribution in [2.24, 2.45) is 10.8 Å². The summed E-state index contributed by atoms with van der Waals surface area (Å²) in [5, 5.41) is 0.